The molecule has 3 rings (SSSR count). The zero-order chi connectivity index (χ0) is 11.3. The SMILES string of the molecule is O=c1cc[nH]c2cc3c(cc12)OC(F)(F)O3. The molecule has 2 heterocycles. The van der Waals surface area contributed by atoms with E-state index >= 15 is 0 Å². The van der Waals surface area contributed by atoms with Crippen molar-refractivity contribution in [1.82, 2.24) is 4.98 Å². The lowest BCUT2D eigenvalue weighted by atomic mass is 10.2. The first-order valence-corrected chi connectivity index (χ1v) is 4.46. The number of benzene rings is 1. The van der Waals surface area contributed by atoms with Gasteiger partial charge in [-0.15, -0.1) is 8.78 Å². The molecule has 1 aliphatic heterocycles. The molecule has 0 radical (unpaired) electrons. The van der Waals surface area contributed by atoms with Crippen molar-refractivity contribution < 1.29 is 18.3 Å². The summed E-state index contributed by atoms with van der Waals surface area (Å²) < 4.78 is 34.0. The van der Waals surface area contributed by atoms with Gasteiger partial charge in [0.2, 0.25) is 0 Å². The predicted molar refractivity (Wildman–Crippen MR) is 50.8 cm³/mol. The second-order valence-electron chi connectivity index (χ2n) is 3.35. The fraction of sp³-hybridized carbons (Fsp3) is 0.100. The minimum Gasteiger partial charge on any atom is -0.395 e. The van der Waals surface area contributed by atoms with Gasteiger partial charge in [-0.3, -0.25) is 4.79 Å². The zero-order valence-corrected chi connectivity index (χ0v) is 7.79. The Morgan fingerprint density at radius 3 is 2.62 bits per heavy atom. The second-order valence-corrected chi connectivity index (χ2v) is 3.35. The Bertz CT molecular complexity index is 635. The predicted octanol–water partition coefficient (Wildman–Crippen LogP) is 1.85. The lowest BCUT2D eigenvalue weighted by Crippen LogP contribution is -2.25. The molecule has 0 amide bonds. The number of aromatic amines is 1. The highest BCUT2D eigenvalue weighted by atomic mass is 19.3. The molecule has 0 unspecified atom stereocenters. The Morgan fingerprint density at radius 1 is 1.19 bits per heavy atom. The fourth-order valence-electron chi connectivity index (χ4n) is 1.62. The summed E-state index contributed by atoms with van der Waals surface area (Å²) in [5.41, 5.74) is 0.155. The zero-order valence-electron chi connectivity index (χ0n) is 7.79. The number of fused-ring (bicyclic) bond motifs is 2. The van der Waals surface area contributed by atoms with E-state index in [1.165, 1.54) is 24.4 Å². The van der Waals surface area contributed by atoms with Gasteiger partial charge in [-0.05, 0) is 6.07 Å². The monoisotopic (exact) mass is 225 g/mol. The Labute approximate surface area is 87.4 Å². The molecule has 0 aliphatic carbocycles. The molecule has 6 heteroatoms. The molecular weight excluding hydrogens is 220 g/mol. The van der Waals surface area contributed by atoms with Gasteiger partial charge in [0.1, 0.15) is 0 Å². The van der Waals surface area contributed by atoms with E-state index < -0.39 is 6.29 Å². The molecule has 0 spiro atoms. The van der Waals surface area contributed by atoms with E-state index in [0.29, 0.717) is 5.52 Å². The van der Waals surface area contributed by atoms with Gasteiger partial charge in [0.15, 0.2) is 16.9 Å². The molecule has 0 bridgehead atoms. The maximum Gasteiger partial charge on any atom is 0.586 e. The van der Waals surface area contributed by atoms with Gasteiger partial charge in [-0.25, -0.2) is 0 Å². The van der Waals surface area contributed by atoms with E-state index in [4.69, 9.17) is 0 Å². The number of pyridine rings is 1. The van der Waals surface area contributed by atoms with Crippen LogP contribution in [0.25, 0.3) is 10.9 Å². The molecule has 1 aliphatic rings. The van der Waals surface area contributed by atoms with Crippen LogP contribution in [0.15, 0.2) is 29.2 Å². The average Bonchev–Trinajstić information content (AvgIpc) is 2.48. The number of H-pyrrole nitrogens is 1. The molecule has 2 aromatic rings. The Hall–Kier alpha value is -2.11. The van der Waals surface area contributed by atoms with Crippen LogP contribution in [0.4, 0.5) is 8.78 Å². The van der Waals surface area contributed by atoms with Crippen molar-refractivity contribution in [2.75, 3.05) is 0 Å². The maximum atomic E-state index is 12.8. The average molecular weight is 225 g/mol. The number of alkyl halides is 2. The Kier molecular flexibility index (Phi) is 1.55. The Balaban J connectivity index is 2.30. The lowest BCUT2D eigenvalue weighted by Gasteiger charge is -2.04. The summed E-state index contributed by atoms with van der Waals surface area (Å²) in [6, 6.07) is 3.86. The van der Waals surface area contributed by atoms with Gasteiger partial charge in [-0.2, -0.15) is 0 Å². The highest BCUT2D eigenvalue weighted by Crippen LogP contribution is 2.42. The molecule has 1 aromatic carbocycles. The number of halogens is 2. The summed E-state index contributed by atoms with van der Waals surface area (Å²) in [4.78, 5) is 14.2. The van der Waals surface area contributed by atoms with Crippen molar-refractivity contribution >= 4 is 10.9 Å². The molecular formula is C10H5F2NO3. The highest BCUT2D eigenvalue weighted by Gasteiger charge is 2.43. The van der Waals surface area contributed by atoms with Gasteiger partial charge in [0, 0.05) is 23.7 Å². The molecule has 1 aromatic heterocycles. The number of ether oxygens (including phenoxy) is 2. The normalized spacial score (nSPS) is 16.6. The van der Waals surface area contributed by atoms with Crippen LogP contribution in [0, 0.1) is 0 Å². The van der Waals surface area contributed by atoms with Crippen molar-refractivity contribution in [3.63, 3.8) is 0 Å². The summed E-state index contributed by atoms with van der Waals surface area (Å²) in [5, 5.41) is 0.280. The van der Waals surface area contributed by atoms with E-state index in [1.54, 1.807) is 0 Å². The van der Waals surface area contributed by atoms with Crippen LogP contribution in [0.2, 0.25) is 0 Å². The minimum absolute atomic E-state index is 0.0839. The van der Waals surface area contributed by atoms with Gasteiger partial charge in [0.05, 0.1) is 5.52 Å². The first kappa shape index (κ1) is 9.14. The molecule has 1 N–H and O–H groups in total. The number of hydrogen-bond acceptors (Lipinski definition) is 3. The summed E-state index contributed by atoms with van der Waals surface area (Å²) in [5.74, 6) is -0.214. The van der Waals surface area contributed by atoms with Crippen LogP contribution in [-0.2, 0) is 0 Å². The number of aromatic nitrogens is 1. The van der Waals surface area contributed by atoms with E-state index in [-0.39, 0.29) is 22.3 Å². The second kappa shape index (κ2) is 2.72. The third-order valence-electron chi connectivity index (χ3n) is 2.28. The molecule has 0 fully saturated rings. The lowest BCUT2D eigenvalue weighted by molar-refractivity contribution is -0.286. The van der Waals surface area contributed by atoms with Crippen molar-refractivity contribution in [2.24, 2.45) is 0 Å². The van der Waals surface area contributed by atoms with Gasteiger partial charge in [-0.1, -0.05) is 0 Å². The largest absolute Gasteiger partial charge is 0.586 e. The van der Waals surface area contributed by atoms with E-state index in [2.05, 4.69) is 14.5 Å². The number of hydrogen-bond donors (Lipinski definition) is 1. The van der Waals surface area contributed by atoms with E-state index in [9.17, 15) is 13.6 Å². The van der Waals surface area contributed by atoms with E-state index in [1.807, 2.05) is 0 Å². The van der Waals surface area contributed by atoms with Crippen molar-refractivity contribution in [1.29, 1.82) is 0 Å². The first-order valence-electron chi connectivity index (χ1n) is 4.46. The Morgan fingerprint density at radius 2 is 1.88 bits per heavy atom. The smallest absolute Gasteiger partial charge is 0.395 e. The van der Waals surface area contributed by atoms with Gasteiger partial charge < -0.3 is 14.5 Å². The maximum absolute atomic E-state index is 12.8. The quantitative estimate of drug-likeness (QED) is 0.744. The van der Waals surface area contributed by atoms with Crippen LogP contribution in [0.3, 0.4) is 0 Å². The van der Waals surface area contributed by atoms with Crippen LogP contribution >= 0.6 is 0 Å². The van der Waals surface area contributed by atoms with Crippen LogP contribution in [-0.4, -0.2) is 11.3 Å². The number of nitrogens with one attached hydrogen (secondary N) is 1. The third kappa shape index (κ3) is 1.23. The summed E-state index contributed by atoms with van der Waals surface area (Å²) >= 11 is 0. The topological polar surface area (TPSA) is 51.3 Å². The third-order valence-corrected chi connectivity index (χ3v) is 2.28. The highest BCUT2D eigenvalue weighted by molar-refractivity contribution is 5.82. The van der Waals surface area contributed by atoms with E-state index in [0.717, 1.165) is 0 Å². The van der Waals surface area contributed by atoms with Crippen molar-refractivity contribution in [2.45, 2.75) is 6.29 Å². The van der Waals surface area contributed by atoms with Crippen molar-refractivity contribution in [3.8, 4) is 11.5 Å². The molecule has 16 heavy (non-hydrogen) atoms. The van der Waals surface area contributed by atoms with Crippen LogP contribution in [0.1, 0.15) is 0 Å². The first-order chi connectivity index (χ1) is 7.55. The molecule has 0 saturated heterocycles. The van der Waals surface area contributed by atoms with Crippen LogP contribution in [0.5, 0.6) is 11.5 Å². The molecule has 0 saturated carbocycles. The fourth-order valence-corrected chi connectivity index (χ4v) is 1.62. The number of rotatable bonds is 0. The van der Waals surface area contributed by atoms with Crippen LogP contribution < -0.4 is 14.9 Å². The molecule has 82 valence electrons. The minimum atomic E-state index is -3.66. The molecule has 4 nitrogen and oxygen atoms in total. The van der Waals surface area contributed by atoms with Gasteiger partial charge in [0.25, 0.3) is 0 Å². The summed E-state index contributed by atoms with van der Waals surface area (Å²) in [6.07, 6.45) is -2.23. The summed E-state index contributed by atoms with van der Waals surface area (Å²) in [6.45, 7) is 0. The van der Waals surface area contributed by atoms with Crippen molar-refractivity contribution in [3.05, 3.63) is 34.6 Å². The van der Waals surface area contributed by atoms with Gasteiger partial charge >= 0.3 is 6.29 Å². The standard InChI is InChI=1S/C10H5F2NO3/c11-10(12)15-8-3-5-6(4-9(8)16-10)13-2-1-7(5)14/h1-4H,(H,13,14). The molecule has 0 atom stereocenters. The summed E-state index contributed by atoms with van der Waals surface area (Å²) in [7, 11) is 0.